The Hall–Kier alpha value is -2.04. The summed E-state index contributed by atoms with van der Waals surface area (Å²) in [6.45, 7) is 5.32. The Morgan fingerprint density at radius 1 is 0.958 bits per heavy atom. The Bertz CT molecular complexity index is 635. The number of likely N-dealkylation sites (tertiary alicyclic amines) is 1. The first-order valence-corrected chi connectivity index (χ1v) is 9.06. The van der Waals surface area contributed by atoms with Crippen LogP contribution in [0.1, 0.15) is 41.6 Å². The van der Waals surface area contributed by atoms with Crippen LogP contribution in [-0.4, -0.2) is 64.9 Å². The lowest BCUT2D eigenvalue weighted by molar-refractivity contribution is 0.0662. The minimum Gasteiger partial charge on any atom is -0.338 e. The van der Waals surface area contributed by atoms with E-state index in [2.05, 4.69) is 4.90 Å². The highest BCUT2D eigenvalue weighted by molar-refractivity contribution is 5.94. The van der Waals surface area contributed by atoms with Crippen molar-refractivity contribution in [1.29, 1.82) is 0 Å². The first-order chi connectivity index (χ1) is 11.6. The Kier molecular flexibility index (Phi) is 3.94. The highest BCUT2D eigenvalue weighted by Gasteiger charge is 2.43. The van der Waals surface area contributed by atoms with Crippen molar-refractivity contribution in [1.82, 2.24) is 14.7 Å². The molecule has 24 heavy (non-hydrogen) atoms. The van der Waals surface area contributed by atoms with Gasteiger partial charge < -0.3 is 14.7 Å². The number of aryl methyl sites for hydroxylation is 1. The van der Waals surface area contributed by atoms with Crippen molar-refractivity contribution in [2.24, 2.45) is 0 Å². The third-order valence-corrected chi connectivity index (χ3v) is 5.77. The predicted octanol–water partition coefficient (Wildman–Crippen LogP) is 2.50. The summed E-state index contributed by atoms with van der Waals surface area (Å²) in [6.07, 6.45) is 4.08. The molecule has 0 saturated carbocycles. The number of urea groups is 1. The molecule has 128 valence electrons. The van der Waals surface area contributed by atoms with Gasteiger partial charge in [-0.3, -0.25) is 4.79 Å². The van der Waals surface area contributed by atoms with Crippen LogP contribution >= 0.6 is 0 Å². The standard InChI is InChI=1S/C19H25N3O2/c1-14-4-6-15(7-5-14)18(23)20-11-8-16(9-12-20)22-13-17-3-2-10-21(17)19(22)24/h4-7,16-17H,2-3,8-13H2,1H3. The number of amides is 3. The molecule has 3 saturated heterocycles. The van der Waals surface area contributed by atoms with Crippen LogP contribution in [0.3, 0.4) is 0 Å². The van der Waals surface area contributed by atoms with E-state index < -0.39 is 0 Å². The number of piperidine rings is 1. The summed E-state index contributed by atoms with van der Waals surface area (Å²) in [7, 11) is 0. The number of hydrogen-bond donors (Lipinski definition) is 0. The topological polar surface area (TPSA) is 43.9 Å². The molecule has 1 atom stereocenters. The number of nitrogens with zero attached hydrogens (tertiary/aromatic N) is 3. The molecule has 0 spiro atoms. The zero-order valence-electron chi connectivity index (χ0n) is 14.3. The van der Waals surface area contributed by atoms with Crippen LogP contribution in [0.15, 0.2) is 24.3 Å². The molecule has 1 aromatic carbocycles. The maximum atomic E-state index is 12.6. The van der Waals surface area contributed by atoms with Gasteiger partial charge in [-0.15, -0.1) is 0 Å². The average Bonchev–Trinajstić information content (AvgIpc) is 3.18. The van der Waals surface area contributed by atoms with Gasteiger partial charge in [-0.1, -0.05) is 17.7 Å². The molecular weight excluding hydrogens is 302 g/mol. The van der Waals surface area contributed by atoms with Crippen LogP contribution in [0.2, 0.25) is 0 Å². The van der Waals surface area contributed by atoms with Crippen molar-refractivity contribution in [3.8, 4) is 0 Å². The summed E-state index contributed by atoms with van der Waals surface area (Å²) in [5, 5.41) is 0. The fourth-order valence-corrected chi connectivity index (χ4v) is 4.31. The van der Waals surface area contributed by atoms with E-state index in [-0.39, 0.29) is 11.9 Å². The van der Waals surface area contributed by atoms with E-state index in [1.165, 1.54) is 5.56 Å². The summed E-state index contributed by atoms with van der Waals surface area (Å²) >= 11 is 0. The van der Waals surface area contributed by atoms with Gasteiger partial charge in [-0.25, -0.2) is 4.79 Å². The van der Waals surface area contributed by atoms with E-state index >= 15 is 0 Å². The Labute approximate surface area is 143 Å². The molecule has 0 aromatic heterocycles. The summed E-state index contributed by atoms with van der Waals surface area (Å²) in [4.78, 5) is 31.2. The second kappa shape index (κ2) is 6.11. The molecule has 1 unspecified atom stereocenters. The van der Waals surface area contributed by atoms with Gasteiger partial charge in [0.25, 0.3) is 5.91 Å². The van der Waals surface area contributed by atoms with Crippen molar-refractivity contribution in [3.05, 3.63) is 35.4 Å². The van der Waals surface area contributed by atoms with Gasteiger partial charge in [0.05, 0.1) is 6.04 Å². The first-order valence-electron chi connectivity index (χ1n) is 9.06. The Morgan fingerprint density at radius 2 is 1.67 bits per heavy atom. The summed E-state index contributed by atoms with van der Waals surface area (Å²) in [5.41, 5.74) is 1.93. The third kappa shape index (κ3) is 2.66. The summed E-state index contributed by atoms with van der Waals surface area (Å²) in [5.74, 6) is 0.113. The quantitative estimate of drug-likeness (QED) is 0.838. The van der Waals surface area contributed by atoms with E-state index in [4.69, 9.17) is 0 Å². The minimum absolute atomic E-state index is 0.113. The van der Waals surface area contributed by atoms with E-state index in [1.807, 2.05) is 41.0 Å². The van der Waals surface area contributed by atoms with Gasteiger partial charge in [0.1, 0.15) is 0 Å². The second-order valence-electron chi connectivity index (χ2n) is 7.31. The van der Waals surface area contributed by atoms with Crippen molar-refractivity contribution < 1.29 is 9.59 Å². The molecule has 5 heteroatoms. The Morgan fingerprint density at radius 3 is 2.33 bits per heavy atom. The van der Waals surface area contributed by atoms with Gasteiger partial charge in [-0.2, -0.15) is 0 Å². The number of carbonyl (C=O) groups is 2. The molecule has 3 aliphatic heterocycles. The van der Waals surface area contributed by atoms with Crippen molar-refractivity contribution in [2.45, 2.75) is 44.7 Å². The normalized spacial score (nSPS) is 24.6. The molecule has 3 heterocycles. The lowest BCUT2D eigenvalue weighted by atomic mass is 10.0. The number of carbonyl (C=O) groups excluding carboxylic acids is 2. The van der Waals surface area contributed by atoms with Crippen LogP contribution in [0.4, 0.5) is 4.79 Å². The monoisotopic (exact) mass is 327 g/mol. The van der Waals surface area contributed by atoms with E-state index in [0.717, 1.165) is 57.4 Å². The molecule has 3 amide bonds. The first kappa shape index (κ1) is 15.5. The molecule has 0 bridgehead atoms. The molecule has 1 aromatic rings. The lowest BCUT2D eigenvalue weighted by Crippen LogP contribution is -2.48. The number of rotatable bonds is 2. The number of fused-ring (bicyclic) bond motifs is 1. The average molecular weight is 327 g/mol. The fraction of sp³-hybridized carbons (Fsp3) is 0.579. The van der Waals surface area contributed by atoms with Crippen LogP contribution in [0, 0.1) is 6.92 Å². The van der Waals surface area contributed by atoms with Gasteiger partial charge in [0, 0.05) is 37.8 Å². The van der Waals surface area contributed by atoms with Crippen LogP contribution < -0.4 is 0 Å². The largest absolute Gasteiger partial charge is 0.338 e. The molecule has 3 aliphatic rings. The molecule has 0 aliphatic carbocycles. The number of benzene rings is 1. The maximum Gasteiger partial charge on any atom is 0.320 e. The molecule has 3 fully saturated rings. The number of hydrogen-bond acceptors (Lipinski definition) is 2. The summed E-state index contributed by atoms with van der Waals surface area (Å²) < 4.78 is 0. The predicted molar refractivity (Wildman–Crippen MR) is 91.9 cm³/mol. The molecular formula is C19H25N3O2. The van der Waals surface area contributed by atoms with Crippen molar-refractivity contribution in [3.63, 3.8) is 0 Å². The SMILES string of the molecule is Cc1ccc(C(=O)N2CCC(N3CC4CCCN4C3=O)CC2)cc1. The molecule has 5 nitrogen and oxygen atoms in total. The van der Waals surface area contributed by atoms with Gasteiger partial charge >= 0.3 is 6.03 Å². The highest BCUT2D eigenvalue weighted by atomic mass is 16.2. The minimum atomic E-state index is 0.113. The Balaban J connectivity index is 1.36. The van der Waals surface area contributed by atoms with E-state index in [0.29, 0.717) is 12.1 Å². The highest BCUT2D eigenvalue weighted by Crippen LogP contribution is 2.30. The van der Waals surface area contributed by atoms with E-state index in [9.17, 15) is 9.59 Å². The van der Waals surface area contributed by atoms with Crippen molar-refractivity contribution >= 4 is 11.9 Å². The van der Waals surface area contributed by atoms with Crippen LogP contribution in [-0.2, 0) is 0 Å². The summed E-state index contributed by atoms with van der Waals surface area (Å²) in [6, 6.07) is 8.73. The lowest BCUT2D eigenvalue weighted by Gasteiger charge is -2.36. The maximum absolute atomic E-state index is 12.6. The van der Waals surface area contributed by atoms with Crippen LogP contribution in [0.5, 0.6) is 0 Å². The smallest absolute Gasteiger partial charge is 0.320 e. The van der Waals surface area contributed by atoms with Gasteiger partial charge in [0.2, 0.25) is 0 Å². The van der Waals surface area contributed by atoms with Gasteiger partial charge in [-0.05, 0) is 44.7 Å². The van der Waals surface area contributed by atoms with E-state index in [1.54, 1.807) is 0 Å². The molecule has 0 radical (unpaired) electrons. The zero-order chi connectivity index (χ0) is 16.7. The molecule has 4 rings (SSSR count). The van der Waals surface area contributed by atoms with Crippen LogP contribution in [0.25, 0.3) is 0 Å². The van der Waals surface area contributed by atoms with Gasteiger partial charge in [0.15, 0.2) is 0 Å². The van der Waals surface area contributed by atoms with Crippen molar-refractivity contribution in [2.75, 3.05) is 26.2 Å². The second-order valence-corrected chi connectivity index (χ2v) is 7.31. The molecule has 0 N–H and O–H groups in total. The zero-order valence-corrected chi connectivity index (χ0v) is 14.3. The fourth-order valence-electron chi connectivity index (χ4n) is 4.31. The third-order valence-electron chi connectivity index (χ3n) is 5.77.